The fourth-order valence-corrected chi connectivity index (χ4v) is 2.04. The van der Waals surface area contributed by atoms with Gasteiger partial charge in [0, 0.05) is 19.2 Å². The van der Waals surface area contributed by atoms with Crippen molar-refractivity contribution < 1.29 is 9.59 Å². The van der Waals surface area contributed by atoms with Gasteiger partial charge >= 0.3 is 0 Å². The number of nitrogens with one attached hydrogen (secondary N) is 1. The molecule has 3 N–H and O–H groups in total. The van der Waals surface area contributed by atoms with Crippen LogP contribution in [0.15, 0.2) is 11.4 Å². The van der Waals surface area contributed by atoms with Gasteiger partial charge in [-0.1, -0.05) is 11.8 Å². The van der Waals surface area contributed by atoms with E-state index in [4.69, 9.17) is 5.73 Å². The second-order valence-corrected chi connectivity index (χ2v) is 4.68. The average molecular weight is 279 g/mol. The Kier molecular flexibility index (Phi) is 6.06. The molecule has 102 valence electrons. The lowest BCUT2D eigenvalue weighted by Gasteiger charge is -2.14. The summed E-state index contributed by atoms with van der Waals surface area (Å²) in [6.45, 7) is 2.72. The molecule has 1 aromatic heterocycles. The number of rotatable bonds is 4. The van der Waals surface area contributed by atoms with Crippen LogP contribution in [-0.4, -0.2) is 43.4 Å². The highest BCUT2D eigenvalue weighted by Gasteiger charge is 2.14. The van der Waals surface area contributed by atoms with Gasteiger partial charge in [-0.25, -0.2) is 0 Å². The molecule has 0 atom stereocenters. The molecule has 5 nitrogen and oxygen atoms in total. The molecule has 6 heteroatoms. The van der Waals surface area contributed by atoms with Gasteiger partial charge in [0.05, 0.1) is 13.1 Å². The van der Waals surface area contributed by atoms with Crippen LogP contribution in [0, 0.1) is 11.8 Å². The van der Waals surface area contributed by atoms with Crippen LogP contribution in [0.25, 0.3) is 0 Å². The van der Waals surface area contributed by atoms with Crippen LogP contribution in [0.1, 0.15) is 22.2 Å². The van der Waals surface area contributed by atoms with Crippen LogP contribution >= 0.6 is 11.3 Å². The molecule has 2 amide bonds. The van der Waals surface area contributed by atoms with Crippen molar-refractivity contribution in [1.29, 1.82) is 0 Å². The fraction of sp³-hybridized carbons (Fsp3) is 0.385. The number of amides is 2. The molecule has 0 aliphatic heterocycles. The van der Waals surface area contributed by atoms with Crippen LogP contribution in [-0.2, 0) is 4.79 Å². The van der Waals surface area contributed by atoms with E-state index in [2.05, 4.69) is 17.2 Å². The molecular formula is C13H17N3O2S. The molecule has 1 heterocycles. The molecule has 0 fully saturated rings. The standard InChI is InChI=1S/C13H17N3O2S/c1-3-16(2)11(17)9-15-13(18)12-10(5-4-7-14)6-8-19-12/h6,8H,3,7,9,14H2,1-2H3,(H,15,18). The van der Waals surface area contributed by atoms with Crippen molar-refractivity contribution in [3.63, 3.8) is 0 Å². The second kappa shape index (κ2) is 7.56. The van der Waals surface area contributed by atoms with E-state index in [0.717, 1.165) is 0 Å². The third-order valence-corrected chi connectivity index (χ3v) is 3.41. The van der Waals surface area contributed by atoms with E-state index in [1.807, 2.05) is 6.92 Å². The molecule has 0 aliphatic carbocycles. The Bertz CT molecular complexity index is 513. The SMILES string of the molecule is CCN(C)C(=O)CNC(=O)c1sccc1C#CCN. The van der Waals surface area contributed by atoms with E-state index < -0.39 is 0 Å². The number of thiophene rings is 1. The number of hydrogen-bond donors (Lipinski definition) is 2. The van der Waals surface area contributed by atoms with Gasteiger partial charge in [-0.15, -0.1) is 11.3 Å². The van der Waals surface area contributed by atoms with Gasteiger partial charge < -0.3 is 16.0 Å². The summed E-state index contributed by atoms with van der Waals surface area (Å²) in [4.78, 5) is 25.6. The minimum absolute atomic E-state index is 0.00910. The Morgan fingerprint density at radius 1 is 1.53 bits per heavy atom. The van der Waals surface area contributed by atoms with Crippen molar-refractivity contribution in [2.45, 2.75) is 6.92 Å². The third-order valence-electron chi connectivity index (χ3n) is 2.50. The monoisotopic (exact) mass is 279 g/mol. The Labute approximate surface area is 116 Å². The van der Waals surface area contributed by atoms with Crippen LogP contribution in [0.4, 0.5) is 0 Å². The number of nitrogens with two attached hydrogens (primary N) is 1. The average Bonchev–Trinajstić information content (AvgIpc) is 2.89. The first-order chi connectivity index (χ1) is 9.10. The molecule has 0 unspecified atom stereocenters. The molecule has 0 spiro atoms. The Morgan fingerprint density at radius 3 is 2.89 bits per heavy atom. The van der Waals surface area contributed by atoms with Gasteiger partial charge in [0.25, 0.3) is 5.91 Å². The second-order valence-electron chi connectivity index (χ2n) is 3.76. The van der Waals surface area contributed by atoms with Crippen molar-refractivity contribution in [3.8, 4) is 11.8 Å². The highest BCUT2D eigenvalue weighted by atomic mass is 32.1. The van der Waals surface area contributed by atoms with Crippen molar-refractivity contribution >= 4 is 23.2 Å². The van der Waals surface area contributed by atoms with E-state index in [-0.39, 0.29) is 24.9 Å². The number of likely N-dealkylation sites (N-methyl/N-ethyl adjacent to an activating group) is 1. The lowest BCUT2D eigenvalue weighted by Crippen LogP contribution is -2.37. The summed E-state index contributed by atoms with van der Waals surface area (Å²) in [6.07, 6.45) is 0. The van der Waals surface area contributed by atoms with Crippen molar-refractivity contribution in [1.82, 2.24) is 10.2 Å². The Balaban J connectivity index is 2.64. The summed E-state index contributed by atoms with van der Waals surface area (Å²) in [7, 11) is 1.69. The maximum absolute atomic E-state index is 11.9. The summed E-state index contributed by atoms with van der Waals surface area (Å²) in [5.41, 5.74) is 5.94. The summed E-state index contributed by atoms with van der Waals surface area (Å²) >= 11 is 1.29. The Morgan fingerprint density at radius 2 is 2.26 bits per heavy atom. The highest BCUT2D eigenvalue weighted by Crippen LogP contribution is 2.15. The molecule has 1 aromatic rings. The minimum atomic E-state index is -0.283. The van der Waals surface area contributed by atoms with E-state index in [1.54, 1.807) is 23.4 Å². The van der Waals surface area contributed by atoms with Crippen LogP contribution in [0.2, 0.25) is 0 Å². The van der Waals surface area contributed by atoms with Crippen molar-refractivity contribution in [2.75, 3.05) is 26.7 Å². The van der Waals surface area contributed by atoms with Gasteiger partial charge in [-0.3, -0.25) is 9.59 Å². The quantitative estimate of drug-likeness (QED) is 0.777. The summed E-state index contributed by atoms with van der Waals surface area (Å²) in [5, 5.41) is 4.39. The third kappa shape index (κ3) is 4.39. The lowest BCUT2D eigenvalue weighted by molar-refractivity contribution is -0.128. The zero-order valence-electron chi connectivity index (χ0n) is 11.0. The minimum Gasteiger partial charge on any atom is -0.345 e. The first-order valence-corrected chi connectivity index (χ1v) is 6.76. The molecule has 0 bridgehead atoms. The van der Waals surface area contributed by atoms with Gasteiger partial charge in [0.1, 0.15) is 4.88 Å². The highest BCUT2D eigenvalue weighted by molar-refractivity contribution is 7.12. The maximum atomic E-state index is 11.9. The topological polar surface area (TPSA) is 75.4 Å². The normalized spacial score (nSPS) is 9.42. The first kappa shape index (κ1) is 15.2. The number of nitrogens with zero attached hydrogens (tertiary/aromatic N) is 1. The molecule has 0 saturated heterocycles. The maximum Gasteiger partial charge on any atom is 0.263 e. The zero-order valence-corrected chi connectivity index (χ0v) is 11.8. The summed E-state index contributed by atoms with van der Waals surface area (Å²) in [5.74, 6) is 5.14. The van der Waals surface area contributed by atoms with E-state index in [0.29, 0.717) is 17.0 Å². The molecular weight excluding hydrogens is 262 g/mol. The van der Waals surface area contributed by atoms with Gasteiger partial charge in [0.15, 0.2) is 0 Å². The molecule has 0 radical (unpaired) electrons. The van der Waals surface area contributed by atoms with Gasteiger partial charge in [-0.2, -0.15) is 0 Å². The van der Waals surface area contributed by atoms with Crippen LogP contribution in [0.5, 0.6) is 0 Å². The summed E-state index contributed by atoms with van der Waals surface area (Å²) < 4.78 is 0. The van der Waals surface area contributed by atoms with Gasteiger partial charge in [0.2, 0.25) is 5.91 Å². The van der Waals surface area contributed by atoms with Crippen LogP contribution < -0.4 is 11.1 Å². The largest absolute Gasteiger partial charge is 0.345 e. The Hall–Kier alpha value is -1.84. The van der Waals surface area contributed by atoms with Crippen molar-refractivity contribution in [2.24, 2.45) is 5.73 Å². The fourth-order valence-electron chi connectivity index (χ4n) is 1.28. The van der Waals surface area contributed by atoms with E-state index in [9.17, 15) is 9.59 Å². The summed E-state index contributed by atoms with van der Waals surface area (Å²) in [6, 6.07) is 1.77. The molecule has 0 aliphatic rings. The van der Waals surface area contributed by atoms with Crippen molar-refractivity contribution in [3.05, 3.63) is 21.9 Å². The number of carbonyl (C=O) groups excluding carboxylic acids is 2. The number of carbonyl (C=O) groups is 2. The van der Waals surface area contributed by atoms with Crippen LogP contribution in [0.3, 0.4) is 0 Å². The van der Waals surface area contributed by atoms with Gasteiger partial charge in [-0.05, 0) is 18.4 Å². The smallest absolute Gasteiger partial charge is 0.263 e. The zero-order chi connectivity index (χ0) is 14.3. The molecule has 1 rings (SSSR count). The lowest BCUT2D eigenvalue weighted by atomic mass is 10.2. The van der Waals surface area contributed by atoms with E-state index >= 15 is 0 Å². The predicted molar refractivity (Wildman–Crippen MR) is 75.9 cm³/mol. The number of hydrogen-bond acceptors (Lipinski definition) is 4. The van der Waals surface area contributed by atoms with E-state index in [1.165, 1.54) is 11.3 Å². The predicted octanol–water partition coefficient (Wildman–Crippen LogP) is 0.266. The molecule has 19 heavy (non-hydrogen) atoms. The first-order valence-electron chi connectivity index (χ1n) is 5.88. The molecule has 0 saturated carbocycles. The molecule has 0 aromatic carbocycles.